The number of hydrogen-bond donors (Lipinski definition) is 1. The van der Waals surface area contributed by atoms with Gasteiger partial charge in [0.1, 0.15) is 18.9 Å². The van der Waals surface area contributed by atoms with E-state index < -0.39 is 11.0 Å². The first-order valence-electron chi connectivity index (χ1n) is 5.88. The minimum atomic E-state index is -0.897. The van der Waals surface area contributed by atoms with E-state index in [4.69, 9.17) is 27.9 Å². The maximum absolute atomic E-state index is 10.5. The van der Waals surface area contributed by atoms with Gasteiger partial charge < -0.3 is 24.5 Å². The van der Waals surface area contributed by atoms with Crippen LogP contribution in [0.25, 0.3) is 0 Å². The molecule has 112 valence electrons. The third-order valence-electron chi connectivity index (χ3n) is 2.57. The quantitative estimate of drug-likeness (QED) is 0.648. The highest BCUT2D eigenvalue weighted by molar-refractivity contribution is 6.37. The second-order valence-corrected chi connectivity index (χ2v) is 5.02. The lowest BCUT2D eigenvalue weighted by atomic mass is 10.3. The van der Waals surface area contributed by atoms with Crippen LogP contribution in [0, 0.1) is 10.1 Å². The van der Waals surface area contributed by atoms with Crippen molar-refractivity contribution in [2.24, 2.45) is 0 Å². The molecule has 1 unspecified atom stereocenters. The third-order valence-corrected chi connectivity index (χ3v) is 3.16. The minimum Gasteiger partial charge on any atom is -0.488 e. The average molecular weight is 332 g/mol. The fourth-order valence-electron chi connectivity index (χ4n) is 1.64. The van der Waals surface area contributed by atoms with Crippen molar-refractivity contribution in [3.8, 4) is 5.75 Å². The van der Waals surface area contributed by atoms with Crippen molar-refractivity contribution in [3.05, 3.63) is 50.9 Å². The van der Waals surface area contributed by atoms with Gasteiger partial charge in [-0.2, -0.15) is 0 Å². The first-order chi connectivity index (χ1) is 9.97. The standard InChI is InChI=1S/C12H11Cl2N3O4/c13-9-2-1-3-10(14)12(9)21-6-8(18)4-16-5-11(15-7-16)17(19)20/h1-3,5,7-8,18H,4,6H2. The molecule has 2 rings (SSSR count). The first-order valence-corrected chi connectivity index (χ1v) is 6.64. The predicted molar refractivity (Wildman–Crippen MR) is 76.8 cm³/mol. The Hall–Kier alpha value is -1.83. The normalized spacial score (nSPS) is 12.1. The number of rotatable bonds is 6. The Balaban J connectivity index is 1.92. The molecule has 7 nitrogen and oxygen atoms in total. The fraction of sp³-hybridized carbons (Fsp3) is 0.250. The Labute approximate surface area is 129 Å². The average Bonchev–Trinajstić information content (AvgIpc) is 2.87. The molecule has 1 aromatic heterocycles. The molecule has 9 heteroatoms. The summed E-state index contributed by atoms with van der Waals surface area (Å²) in [5.41, 5.74) is 0. The van der Waals surface area contributed by atoms with E-state index in [1.54, 1.807) is 18.2 Å². The molecule has 0 fully saturated rings. The lowest BCUT2D eigenvalue weighted by molar-refractivity contribution is -0.389. The zero-order chi connectivity index (χ0) is 15.4. The fourth-order valence-corrected chi connectivity index (χ4v) is 2.14. The van der Waals surface area contributed by atoms with E-state index in [9.17, 15) is 15.2 Å². The van der Waals surface area contributed by atoms with Gasteiger partial charge in [0.2, 0.25) is 6.33 Å². The Kier molecular flexibility index (Phi) is 5.00. The van der Waals surface area contributed by atoms with Crippen LogP contribution in [0.2, 0.25) is 10.0 Å². The van der Waals surface area contributed by atoms with Gasteiger partial charge >= 0.3 is 5.82 Å². The van der Waals surface area contributed by atoms with Crippen molar-refractivity contribution in [1.82, 2.24) is 9.55 Å². The van der Waals surface area contributed by atoms with Crippen molar-refractivity contribution in [3.63, 3.8) is 0 Å². The van der Waals surface area contributed by atoms with E-state index in [2.05, 4.69) is 4.98 Å². The van der Waals surface area contributed by atoms with Gasteiger partial charge in [-0.15, -0.1) is 0 Å². The van der Waals surface area contributed by atoms with Crippen LogP contribution < -0.4 is 4.74 Å². The highest BCUT2D eigenvalue weighted by Crippen LogP contribution is 2.32. The van der Waals surface area contributed by atoms with Crippen molar-refractivity contribution < 1.29 is 14.8 Å². The lowest BCUT2D eigenvalue weighted by Gasteiger charge is -2.14. The Morgan fingerprint density at radius 2 is 2.10 bits per heavy atom. The number of ether oxygens (including phenoxy) is 1. The van der Waals surface area contributed by atoms with Gasteiger partial charge in [0.05, 0.1) is 16.6 Å². The number of aromatic nitrogens is 2. The molecule has 0 amide bonds. The van der Waals surface area contributed by atoms with Crippen LogP contribution in [0.5, 0.6) is 5.75 Å². The third kappa shape index (κ3) is 4.07. The number of benzene rings is 1. The van der Waals surface area contributed by atoms with Gasteiger partial charge in [-0.05, 0) is 22.0 Å². The summed E-state index contributed by atoms with van der Waals surface area (Å²) in [5.74, 6) is 0.00811. The maximum atomic E-state index is 10.5. The summed E-state index contributed by atoms with van der Waals surface area (Å²) in [5, 5.41) is 21.0. The number of nitrogens with zero attached hydrogens (tertiary/aromatic N) is 3. The Morgan fingerprint density at radius 1 is 1.43 bits per heavy atom. The summed E-state index contributed by atoms with van der Waals surface area (Å²) in [7, 11) is 0. The van der Waals surface area contributed by atoms with Gasteiger partial charge in [-0.25, -0.2) is 0 Å². The van der Waals surface area contributed by atoms with Crippen molar-refractivity contribution in [1.29, 1.82) is 0 Å². The van der Waals surface area contributed by atoms with Crippen LogP contribution in [0.4, 0.5) is 5.82 Å². The molecule has 0 aliphatic carbocycles. The summed E-state index contributed by atoms with van der Waals surface area (Å²) >= 11 is 11.9. The Morgan fingerprint density at radius 3 is 2.67 bits per heavy atom. The molecule has 0 bridgehead atoms. The highest BCUT2D eigenvalue weighted by atomic mass is 35.5. The maximum Gasteiger partial charge on any atom is 0.381 e. The van der Waals surface area contributed by atoms with E-state index in [-0.39, 0.29) is 24.7 Å². The number of para-hydroxylation sites is 1. The summed E-state index contributed by atoms with van der Waals surface area (Å²) in [6, 6.07) is 4.92. The monoisotopic (exact) mass is 331 g/mol. The molecule has 0 saturated heterocycles. The van der Waals surface area contributed by atoms with Gasteiger partial charge in [0.25, 0.3) is 0 Å². The number of hydrogen-bond acceptors (Lipinski definition) is 5. The van der Waals surface area contributed by atoms with Crippen LogP contribution in [0.3, 0.4) is 0 Å². The molecule has 2 aromatic rings. The number of aliphatic hydroxyl groups excluding tert-OH is 1. The molecule has 0 aliphatic heterocycles. The van der Waals surface area contributed by atoms with Crippen LogP contribution in [-0.4, -0.2) is 32.3 Å². The molecule has 1 aromatic carbocycles. The van der Waals surface area contributed by atoms with E-state index in [1.807, 2.05) is 0 Å². The Bertz CT molecular complexity index is 627. The second kappa shape index (κ2) is 6.75. The van der Waals surface area contributed by atoms with Crippen molar-refractivity contribution in [2.45, 2.75) is 12.6 Å². The predicted octanol–water partition coefficient (Wildman–Crippen LogP) is 2.54. The highest BCUT2D eigenvalue weighted by Gasteiger charge is 2.14. The van der Waals surface area contributed by atoms with Crippen LogP contribution in [0.15, 0.2) is 30.7 Å². The molecular formula is C12H11Cl2N3O4. The van der Waals surface area contributed by atoms with Crippen LogP contribution in [0.1, 0.15) is 0 Å². The molecule has 1 heterocycles. The van der Waals surface area contributed by atoms with Crippen LogP contribution in [-0.2, 0) is 6.54 Å². The molecule has 0 aliphatic rings. The molecule has 1 N–H and O–H groups in total. The number of aliphatic hydroxyl groups is 1. The zero-order valence-corrected chi connectivity index (χ0v) is 12.2. The summed E-state index contributed by atoms with van der Waals surface area (Å²) in [6.07, 6.45) is 1.60. The smallest absolute Gasteiger partial charge is 0.381 e. The summed E-state index contributed by atoms with van der Waals surface area (Å²) < 4.78 is 6.78. The summed E-state index contributed by atoms with van der Waals surface area (Å²) in [6.45, 7) is 0.0400. The first kappa shape index (κ1) is 15.6. The lowest BCUT2D eigenvalue weighted by Crippen LogP contribution is -2.23. The largest absolute Gasteiger partial charge is 0.488 e. The number of imidazole rings is 1. The van der Waals surface area contributed by atoms with E-state index in [0.29, 0.717) is 10.0 Å². The molecule has 0 radical (unpaired) electrons. The minimum absolute atomic E-state index is 0.0601. The van der Waals surface area contributed by atoms with Gasteiger partial charge in [0.15, 0.2) is 5.75 Å². The van der Waals surface area contributed by atoms with Crippen molar-refractivity contribution >= 4 is 29.0 Å². The van der Waals surface area contributed by atoms with Gasteiger partial charge in [-0.1, -0.05) is 29.3 Å². The number of nitro groups is 1. The molecule has 0 spiro atoms. The number of halogens is 2. The zero-order valence-electron chi connectivity index (χ0n) is 10.6. The van der Waals surface area contributed by atoms with E-state index >= 15 is 0 Å². The van der Waals surface area contributed by atoms with Gasteiger partial charge in [-0.3, -0.25) is 0 Å². The molecule has 1 atom stereocenters. The summed E-state index contributed by atoms with van der Waals surface area (Å²) in [4.78, 5) is 13.5. The van der Waals surface area contributed by atoms with E-state index in [0.717, 1.165) is 0 Å². The van der Waals surface area contributed by atoms with Gasteiger partial charge in [0, 0.05) is 0 Å². The SMILES string of the molecule is O=[N+]([O-])c1cn(CC(O)COc2c(Cl)cccc2Cl)cn1. The van der Waals surface area contributed by atoms with Crippen molar-refractivity contribution in [2.75, 3.05) is 6.61 Å². The topological polar surface area (TPSA) is 90.4 Å². The second-order valence-electron chi connectivity index (χ2n) is 4.20. The van der Waals surface area contributed by atoms with Crippen LogP contribution >= 0.6 is 23.2 Å². The molecule has 21 heavy (non-hydrogen) atoms. The molecular weight excluding hydrogens is 321 g/mol. The van der Waals surface area contributed by atoms with E-state index in [1.165, 1.54) is 17.1 Å². The molecule has 0 saturated carbocycles.